The van der Waals surface area contributed by atoms with E-state index < -0.39 is 0 Å². The molecule has 0 aliphatic heterocycles. The Kier molecular flexibility index (Phi) is 4.42. The Hall–Kier alpha value is -3.48. The lowest BCUT2D eigenvalue weighted by atomic mass is 10.2. The SMILES string of the molecule is CC(C)n1ncc2cc(NC(=O)Cc3coc(-c4ccccc4)n3)cnc21. The Balaban J connectivity index is 1.45. The molecule has 4 rings (SSSR count). The average Bonchev–Trinajstić information content (AvgIpc) is 3.29. The number of fused-ring (bicyclic) bond motifs is 1. The van der Waals surface area contributed by atoms with E-state index >= 15 is 0 Å². The Labute approximate surface area is 156 Å². The summed E-state index contributed by atoms with van der Waals surface area (Å²) in [6.45, 7) is 4.09. The van der Waals surface area contributed by atoms with Crippen molar-refractivity contribution >= 4 is 22.6 Å². The number of oxazole rings is 1. The van der Waals surface area contributed by atoms with Gasteiger partial charge in [0.2, 0.25) is 11.8 Å². The highest BCUT2D eigenvalue weighted by Crippen LogP contribution is 2.20. The fourth-order valence-electron chi connectivity index (χ4n) is 2.86. The first-order valence-corrected chi connectivity index (χ1v) is 8.73. The summed E-state index contributed by atoms with van der Waals surface area (Å²) in [5, 5.41) is 8.07. The maximum Gasteiger partial charge on any atom is 0.230 e. The zero-order valence-electron chi connectivity index (χ0n) is 15.1. The zero-order valence-corrected chi connectivity index (χ0v) is 15.1. The number of pyridine rings is 1. The van der Waals surface area contributed by atoms with Gasteiger partial charge in [-0.2, -0.15) is 5.10 Å². The van der Waals surface area contributed by atoms with Crippen LogP contribution in [-0.2, 0) is 11.2 Å². The number of nitrogens with zero attached hydrogens (tertiary/aromatic N) is 4. The molecule has 0 bridgehead atoms. The van der Waals surface area contributed by atoms with E-state index in [4.69, 9.17) is 4.42 Å². The van der Waals surface area contributed by atoms with Gasteiger partial charge in [-0.15, -0.1) is 0 Å². The van der Waals surface area contributed by atoms with Gasteiger partial charge in [-0.25, -0.2) is 14.6 Å². The van der Waals surface area contributed by atoms with Crippen molar-refractivity contribution in [2.45, 2.75) is 26.3 Å². The van der Waals surface area contributed by atoms with Crippen LogP contribution in [0.2, 0.25) is 0 Å². The smallest absolute Gasteiger partial charge is 0.230 e. The number of aromatic nitrogens is 4. The van der Waals surface area contributed by atoms with Crippen LogP contribution in [0.15, 0.2) is 59.5 Å². The number of anilines is 1. The Bertz CT molecular complexity index is 1080. The van der Waals surface area contributed by atoms with Crippen molar-refractivity contribution in [1.29, 1.82) is 0 Å². The fourth-order valence-corrected chi connectivity index (χ4v) is 2.86. The van der Waals surface area contributed by atoms with E-state index in [2.05, 4.69) is 20.4 Å². The number of carbonyl (C=O) groups excluding carboxylic acids is 1. The lowest BCUT2D eigenvalue weighted by molar-refractivity contribution is -0.115. The van der Waals surface area contributed by atoms with Crippen LogP contribution < -0.4 is 5.32 Å². The average molecular weight is 361 g/mol. The molecule has 1 amide bonds. The Morgan fingerprint density at radius 3 is 2.81 bits per heavy atom. The molecule has 27 heavy (non-hydrogen) atoms. The fraction of sp³-hybridized carbons (Fsp3) is 0.200. The number of nitrogens with one attached hydrogen (secondary N) is 1. The molecule has 0 spiro atoms. The molecule has 0 aliphatic rings. The van der Waals surface area contributed by atoms with Crippen LogP contribution in [-0.4, -0.2) is 25.7 Å². The van der Waals surface area contributed by atoms with Gasteiger partial charge < -0.3 is 9.73 Å². The molecular formula is C20H19N5O2. The molecule has 136 valence electrons. The minimum Gasteiger partial charge on any atom is -0.444 e. The summed E-state index contributed by atoms with van der Waals surface area (Å²) in [4.78, 5) is 21.1. The summed E-state index contributed by atoms with van der Waals surface area (Å²) in [5.74, 6) is 0.322. The van der Waals surface area contributed by atoms with E-state index in [1.165, 1.54) is 6.26 Å². The molecule has 7 heteroatoms. The van der Waals surface area contributed by atoms with E-state index in [9.17, 15) is 4.79 Å². The standard InChI is InChI=1S/C20H19N5O2/c1-13(2)25-19-15(10-22-25)8-16(11-21-19)23-18(26)9-17-12-27-20(24-17)14-6-4-3-5-7-14/h3-8,10-13H,9H2,1-2H3,(H,23,26). The molecular weight excluding hydrogens is 342 g/mol. The minimum absolute atomic E-state index is 0.125. The normalized spacial score (nSPS) is 11.2. The lowest BCUT2D eigenvalue weighted by Gasteiger charge is -2.07. The molecule has 0 radical (unpaired) electrons. The second-order valence-corrected chi connectivity index (χ2v) is 6.55. The maximum absolute atomic E-state index is 12.3. The number of hydrogen-bond acceptors (Lipinski definition) is 5. The topological polar surface area (TPSA) is 85.8 Å². The maximum atomic E-state index is 12.3. The molecule has 0 aliphatic carbocycles. The van der Waals surface area contributed by atoms with Crippen molar-refractivity contribution < 1.29 is 9.21 Å². The van der Waals surface area contributed by atoms with Crippen LogP contribution >= 0.6 is 0 Å². The summed E-state index contributed by atoms with van der Waals surface area (Å²) >= 11 is 0. The van der Waals surface area contributed by atoms with E-state index in [1.807, 2.05) is 54.9 Å². The molecule has 4 aromatic rings. The zero-order chi connectivity index (χ0) is 18.8. The summed E-state index contributed by atoms with van der Waals surface area (Å²) < 4.78 is 7.32. The Morgan fingerprint density at radius 1 is 1.22 bits per heavy atom. The lowest BCUT2D eigenvalue weighted by Crippen LogP contribution is -2.14. The van der Waals surface area contributed by atoms with Crippen LogP contribution in [0.3, 0.4) is 0 Å². The molecule has 0 atom stereocenters. The van der Waals surface area contributed by atoms with Crippen molar-refractivity contribution in [3.05, 3.63) is 60.7 Å². The third kappa shape index (κ3) is 3.57. The summed E-state index contributed by atoms with van der Waals surface area (Å²) in [7, 11) is 0. The highest BCUT2D eigenvalue weighted by molar-refractivity contribution is 5.93. The minimum atomic E-state index is -0.180. The molecule has 3 aromatic heterocycles. The van der Waals surface area contributed by atoms with Crippen LogP contribution in [0.1, 0.15) is 25.6 Å². The number of rotatable bonds is 5. The first-order chi connectivity index (χ1) is 13.1. The van der Waals surface area contributed by atoms with E-state index in [0.29, 0.717) is 17.3 Å². The molecule has 0 saturated carbocycles. The second kappa shape index (κ2) is 7.03. The molecule has 0 unspecified atom stereocenters. The van der Waals surface area contributed by atoms with Crippen molar-refractivity contribution in [2.75, 3.05) is 5.32 Å². The van der Waals surface area contributed by atoms with Crippen molar-refractivity contribution in [3.8, 4) is 11.5 Å². The van der Waals surface area contributed by atoms with Gasteiger partial charge in [0.15, 0.2) is 5.65 Å². The monoisotopic (exact) mass is 361 g/mol. The summed E-state index contributed by atoms with van der Waals surface area (Å²) in [6, 6.07) is 11.7. The van der Waals surface area contributed by atoms with Crippen LogP contribution in [0.25, 0.3) is 22.5 Å². The second-order valence-electron chi connectivity index (χ2n) is 6.55. The molecule has 0 fully saturated rings. The van der Waals surface area contributed by atoms with Gasteiger partial charge in [-0.3, -0.25) is 4.79 Å². The third-order valence-corrected chi connectivity index (χ3v) is 4.12. The van der Waals surface area contributed by atoms with Crippen LogP contribution in [0.5, 0.6) is 0 Å². The van der Waals surface area contributed by atoms with E-state index in [0.717, 1.165) is 16.6 Å². The molecule has 0 saturated heterocycles. The molecule has 1 aromatic carbocycles. The van der Waals surface area contributed by atoms with Gasteiger partial charge in [0.05, 0.1) is 30.2 Å². The molecule has 3 heterocycles. The number of carbonyl (C=O) groups is 1. The van der Waals surface area contributed by atoms with E-state index in [-0.39, 0.29) is 18.4 Å². The van der Waals surface area contributed by atoms with Crippen LogP contribution in [0, 0.1) is 0 Å². The van der Waals surface area contributed by atoms with E-state index in [1.54, 1.807) is 12.4 Å². The van der Waals surface area contributed by atoms with Gasteiger partial charge in [0.1, 0.15) is 6.26 Å². The van der Waals surface area contributed by atoms with Gasteiger partial charge in [0, 0.05) is 17.0 Å². The molecule has 1 N–H and O–H groups in total. The number of amides is 1. The van der Waals surface area contributed by atoms with Crippen molar-refractivity contribution in [2.24, 2.45) is 0 Å². The first-order valence-electron chi connectivity index (χ1n) is 8.73. The predicted molar refractivity (Wildman–Crippen MR) is 102 cm³/mol. The quantitative estimate of drug-likeness (QED) is 0.583. The summed E-state index contributed by atoms with van der Waals surface area (Å²) in [5.41, 5.74) is 2.88. The summed E-state index contributed by atoms with van der Waals surface area (Å²) in [6.07, 6.45) is 5.02. The Morgan fingerprint density at radius 2 is 2.04 bits per heavy atom. The van der Waals surface area contributed by atoms with Gasteiger partial charge in [-0.05, 0) is 32.0 Å². The van der Waals surface area contributed by atoms with Gasteiger partial charge in [0.25, 0.3) is 0 Å². The number of benzene rings is 1. The highest BCUT2D eigenvalue weighted by Gasteiger charge is 2.12. The predicted octanol–water partition coefficient (Wildman–Crippen LogP) is 3.85. The highest BCUT2D eigenvalue weighted by atomic mass is 16.3. The first kappa shape index (κ1) is 17.0. The number of hydrogen-bond donors (Lipinski definition) is 1. The van der Waals surface area contributed by atoms with Crippen LogP contribution in [0.4, 0.5) is 5.69 Å². The van der Waals surface area contributed by atoms with Crippen molar-refractivity contribution in [1.82, 2.24) is 19.7 Å². The molecule has 7 nitrogen and oxygen atoms in total. The third-order valence-electron chi connectivity index (χ3n) is 4.12. The van der Waals surface area contributed by atoms with Gasteiger partial charge in [-0.1, -0.05) is 18.2 Å². The van der Waals surface area contributed by atoms with Crippen molar-refractivity contribution in [3.63, 3.8) is 0 Å². The largest absolute Gasteiger partial charge is 0.444 e. The van der Waals surface area contributed by atoms with Gasteiger partial charge >= 0.3 is 0 Å².